The first-order valence-corrected chi connectivity index (χ1v) is 7.27. The maximum absolute atomic E-state index is 3.53. The van der Waals surface area contributed by atoms with Crippen molar-refractivity contribution in [1.82, 2.24) is 5.32 Å². The van der Waals surface area contributed by atoms with Gasteiger partial charge in [0.15, 0.2) is 0 Å². The van der Waals surface area contributed by atoms with Crippen LogP contribution in [0.1, 0.15) is 58.6 Å². The molecule has 0 bridgehead atoms. The lowest BCUT2D eigenvalue weighted by Crippen LogP contribution is -2.19. The maximum atomic E-state index is 3.53. The highest BCUT2D eigenvalue weighted by Crippen LogP contribution is 2.17. The van der Waals surface area contributed by atoms with Gasteiger partial charge in [0.25, 0.3) is 0 Å². The van der Waals surface area contributed by atoms with Gasteiger partial charge in [-0.25, -0.2) is 0 Å². The summed E-state index contributed by atoms with van der Waals surface area (Å²) in [6.45, 7) is 9.96. The van der Waals surface area contributed by atoms with E-state index in [0.29, 0.717) is 12.1 Å². The lowest BCUT2D eigenvalue weighted by molar-refractivity contribution is 0.571. The zero-order chi connectivity index (χ0) is 13.4. The summed E-state index contributed by atoms with van der Waals surface area (Å²) in [5, 5.41) is 7.04. The van der Waals surface area contributed by atoms with E-state index in [4.69, 9.17) is 0 Å². The molecular weight excluding hydrogens is 220 g/mol. The van der Waals surface area contributed by atoms with E-state index in [1.807, 2.05) is 0 Å². The van der Waals surface area contributed by atoms with Crippen LogP contribution < -0.4 is 10.6 Å². The third kappa shape index (κ3) is 5.09. The predicted octanol–water partition coefficient (Wildman–Crippen LogP) is 4.35. The van der Waals surface area contributed by atoms with E-state index < -0.39 is 0 Å². The van der Waals surface area contributed by atoms with Crippen LogP contribution in [0.2, 0.25) is 0 Å². The van der Waals surface area contributed by atoms with Gasteiger partial charge >= 0.3 is 0 Å². The average Bonchev–Trinajstić information content (AvgIpc) is 2.37. The predicted molar refractivity (Wildman–Crippen MR) is 81.1 cm³/mol. The van der Waals surface area contributed by atoms with Gasteiger partial charge in [-0.15, -0.1) is 0 Å². The van der Waals surface area contributed by atoms with Gasteiger partial charge in [0.2, 0.25) is 0 Å². The molecule has 2 nitrogen and oxygen atoms in total. The molecule has 0 aromatic heterocycles. The SMILES string of the molecule is CCCNC(C)c1ccc(NC(C)CCC)cc1. The summed E-state index contributed by atoms with van der Waals surface area (Å²) in [7, 11) is 0. The molecule has 0 aliphatic carbocycles. The quantitative estimate of drug-likeness (QED) is 0.715. The standard InChI is InChI=1S/C16H28N2/c1-5-7-13(3)18-16-10-8-15(9-11-16)14(4)17-12-6-2/h8-11,13-14,17-18H,5-7,12H2,1-4H3. The van der Waals surface area contributed by atoms with E-state index in [-0.39, 0.29) is 0 Å². The van der Waals surface area contributed by atoms with Crippen LogP contribution in [0.3, 0.4) is 0 Å². The smallest absolute Gasteiger partial charge is 0.0342 e. The summed E-state index contributed by atoms with van der Waals surface area (Å²) >= 11 is 0. The van der Waals surface area contributed by atoms with E-state index in [2.05, 4.69) is 62.6 Å². The Hall–Kier alpha value is -1.02. The van der Waals surface area contributed by atoms with Crippen LogP contribution in [0.5, 0.6) is 0 Å². The molecule has 2 unspecified atom stereocenters. The molecule has 0 aliphatic rings. The van der Waals surface area contributed by atoms with Crippen molar-refractivity contribution in [3.05, 3.63) is 29.8 Å². The van der Waals surface area contributed by atoms with Crippen molar-refractivity contribution in [2.45, 2.75) is 59.0 Å². The van der Waals surface area contributed by atoms with Gasteiger partial charge in [0.05, 0.1) is 0 Å². The van der Waals surface area contributed by atoms with Gasteiger partial charge in [0, 0.05) is 17.8 Å². The zero-order valence-electron chi connectivity index (χ0n) is 12.3. The first-order chi connectivity index (χ1) is 8.67. The van der Waals surface area contributed by atoms with E-state index in [0.717, 1.165) is 6.54 Å². The molecule has 1 aromatic carbocycles. The minimum atomic E-state index is 0.437. The largest absolute Gasteiger partial charge is 0.383 e. The third-order valence-electron chi connectivity index (χ3n) is 3.25. The minimum Gasteiger partial charge on any atom is -0.383 e. The minimum absolute atomic E-state index is 0.437. The molecule has 102 valence electrons. The van der Waals surface area contributed by atoms with Crippen molar-refractivity contribution in [2.24, 2.45) is 0 Å². The Bertz CT molecular complexity index is 318. The zero-order valence-corrected chi connectivity index (χ0v) is 12.3. The van der Waals surface area contributed by atoms with Crippen molar-refractivity contribution in [3.63, 3.8) is 0 Å². The Morgan fingerprint density at radius 2 is 1.67 bits per heavy atom. The number of anilines is 1. The van der Waals surface area contributed by atoms with Gasteiger partial charge in [-0.2, -0.15) is 0 Å². The molecule has 0 spiro atoms. The number of hydrogen-bond donors (Lipinski definition) is 2. The van der Waals surface area contributed by atoms with Crippen molar-refractivity contribution in [1.29, 1.82) is 0 Å². The summed E-state index contributed by atoms with van der Waals surface area (Å²) in [5.41, 5.74) is 2.58. The number of rotatable bonds is 8. The Morgan fingerprint density at radius 1 is 1.00 bits per heavy atom. The topological polar surface area (TPSA) is 24.1 Å². The van der Waals surface area contributed by atoms with Gasteiger partial charge in [-0.1, -0.05) is 32.4 Å². The van der Waals surface area contributed by atoms with Crippen molar-refractivity contribution >= 4 is 5.69 Å². The van der Waals surface area contributed by atoms with Gasteiger partial charge < -0.3 is 10.6 Å². The molecule has 0 fully saturated rings. The molecule has 18 heavy (non-hydrogen) atoms. The highest BCUT2D eigenvalue weighted by atomic mass is 14.9. The van der Waals surface area contributed by atoms with Crippen molar-refractivity contribution in [2.75, 3.05) is 11.9 Å². The van der Waals surface area contributed by atoms with Gasteiger partial charge in [-0.05, 0) is 50.9 Å². The Balaban J connectivity index is 2.51. The first-order valence-electron chi connectivity index (χ1n) is 7.27. The molecule has 0 saturated carbocycles. The normalized spacial score (nSPS) is 14.2. The first kappa shape index (κ1) is 15.0. The fourth-order valence-corrected chi connectivity index (χ4v) is 2.14. The molecule has 0 heterocycles. The van der Waals surface area contributed by atoms with Crippen molar-refractivity contribution < 1.29 is 0 Å². The van der Waals surface area contributed by atoms with Gasteiger partial charge in [0.1, 0.15) is 0 Å². The summed E-state index contributed by atoms with van der Waals surface area (Å²) in [6, 6.07) is 9.79. The third-order valence-corrected chi connectivity index (χ3v) is 3.25. The second-order valence-electron chi connectivity index (χ2n) is 5.13. The highest BCUT2D eigenvalue weighted by Gasteiger charge is 2.04. The number of hydrogen-bond acceptors (Lipinski definition) is 2. The molecule has 0 amide bonds. The molecule has 1 rings (SSSR count). The second-order valence-corrected chi connectivity index (χ2v) is 5.13. The monoisotopic (exact) mass is 248 g/mol. The van der Waals surface area contributed by atoms with Crippen LogP contribution in [0.4, 0.5) is 5.69 Å². The molecule has 1 aromatic rings. The number of benzene rings is 1. The maximum Gasteiger partial charge on any atom is 0.0342 e. The van der Waals surface area contributed by atoms with Crippen molar-refractivity contribution in [3.8, 4) is 0 Å². The van der Waals surface area contributed by atoms with Crippen LogP contribution in [0, 0.1) is 0 Å². The fraction of sp³-hybridized carbons (Fsp3) is 0.625. The molecule has 2 heteroatoms. The Labute approximate surface area is 112 Å². The molecule has 0 radical (unpaired) electrons. The van der Waals surface area contributed by atoms with Crippen LogP contribution in [0.15, 0.2) is 24.3 Å². The van der Waals surface area contributed by atoms with E-state index >= 15 is 0 Å². The lowest BCUT2D eigenvalue weighted by Gasteiger charge is -2.17. The average molecular weight is 248 g/mol. The fourth-order valence-electron chi connectivity index (χ4n) is 2.14. The van der Waals surface area contributed by atoms with E-state index in [1.54, 1.807) is 0 Å². The second kappa shape index (κ2) is 8.15. The highest BCUT2D eigenvalue weighted by molar-refractivity contribution is 5.45. The van der Waals surface area contributed by atoms with Crippen LogP contribution in [-0.4, -0.2) is 12.6 Å². The van der Waals surface area contributed by atoms with E-state index in [9.17, 15) is 0 Å². The molecule has 2 N–H and O–H groups in total. The van der Waals surface area contributed by atoms with Crippen LogP contribution in [-0.2, 0) is 0 Å². The molecule has 2 atom stereocenters. The molecular formula is C16H28N2. The summed E-state index contributed by atoms with van der Waals surface area (Å²) in [4.78, 5) is 0. The van der Waals surface area contributed by atoms with Gasteiger partial charge in [-0.3, -0.25) is 0 Å². The lowest BCUT2D eigenvalue weighted by atomic mass is 10.1. The summed E-state index contributed by atoms with van der Waals surface area (Å²) < 4.78 is 0. The Kier molecular flexibility index (Phi) is 6.81. The van der Waals surface area contributed by atoms with E-state index in [1.165, 1.54) is 30.5 Å². The summed E-state index contributed by atoms with van der Waals surface area (Å²) in [5.74, 6) is 0. The molecule has 0 aliphatic heterocycles. The molecule has 0 saturated heterocycles. The Morgan fingerprint density at radius 3 is 2.22 bits per heavy atom. The number of nitrogens with one attached hydrogen (secondary N) is 2. The van der Waals surface area contributed by atoms with Crippen LogP contribution in [0.25, 0.3) is 0 Å². The summed E-state index contributed by atoms with van der Waals surface area (Å²) in [6.07, 6.45) is 3.62. The van der Waals surface area contributed by atoms with Crippen LogP contribution >= 0.6 is 0 Å².